The smallest absolute Gasteiger partial charge is 0.135 e. The Balaban J connectivity index is 4.10. The van der Waals surface area contributed by atoms with Crippen molar-refractivity contribution in [3.63, 3.8) is 0 Å². The number of rotatable bonds is 3. The first-order chi connectivity index (χ1) is 4.31. The standard InChI is InChI=1S/C7H18BNO/c1-6(2,9)7(3,4)10-5-8/h5,8-9H2,1-4H3. The van der Waals surface area contributed by atoms with Crippen LogP contribution in [0.2, 0.25) is 0 Å². The number of hydrogen-bond donors (Lipinski definition) is 1. The zero-order valence-corrected chi connectivity index (χ0v) is 7.69. The maximum absolute atomic E-state index is 5.87. The first kappa shape index (κ1) is 9.98. The molecule has 0 aromatic heterocycles. The van der Waals surface area contributed by atoms with Gasteiger partial charge in [0.2, 0.25) is 0 Å². The summed E-state index contributed by atoms with van der Waals surface area (Å²) in [5, 5.41) is 0. The second-order valence-electron chi connectivity index (χ2n) is 3.67. The summed E-state index contributed by atoms with van der Waals surface area (Å²) >= 11 is 0. The van der Waals surface area contributed by atoms with E-state index in [0.717, 1.165) is 0 Å². The van der Waals surface area contributed by atoms with Gasteiger partial charge >= 0.3 is 0 Å². The molecule has 0 heterocycles. The van der Waals surface area contributed by atoms with Crippen LogP contribution in [-0.4, -0.2) is 25.5 Å². The minimum atomic E-state index is -0.275. The first-order valence-electron chi connectivity index (χ1n) is 3.74. The molecule has 0 atom stereocenters. The predicted molar refractivity (Wildman–Crippen MR) is 46.8 cm³/mol. The van der Waals surface area contributed by atoms with Crippen LogP contribution in [0.15, 0.2) is 0 Å². The zero-order valence-electron chi connectivity index (χ0n) is 7.69. The number of ether oxygens (including phenoxy) is 1. The molecule has 0 rings (SSSR count). The van der Waals surface area contributed by atoms with Gasteiger partial charge in [-0.3, -0.25) is 0 Å². The molecule has 3 heteroatoms. The fourth-order valence-corrected chi connectivity index (χ4v) is 0.547. The van der Waals surface area contributed by atoms with Crippen LogP contribution in [0.1, 0.15) is 27.7 Å². The Kier molecular flexibility index (Phi) is 2.92. The molecule has 0 radical (unpaired) electrons. The van der Waals surface area contributed by atoms with Gasteiger partial charge in [-0.15, -0.1) is 0 Å². The van der Waals surface area contributed by atoms with Crippen molar-refractivity contribution < 1.29 is 4.74 Å². The monoisotopic (exact) mass is 143 g/mol. The molecule has 0 fully saturated rings. The van der Waals surface area contributed by atoms with Crippen LogP contribution in [0.3, 0.4) is 0 Å². The van der Waals surface area contributed by atoms with Gasteiger partial charge in [-0.25, -0.2) is 0 Å². The molecule has 0 aliphatic carbocycles. The quantitative estimate of drug-likeness (QED) is 0.569. The summed E-state index contributed by atoms with van der Waals surface area (Å²) in [7, 11) is 1.98. The first-order valence-corrected chi connectivity index (χ1v) is 3.74. The lowest BCUT2D eigenvalue weighted by atomic mass is 9.86. The molecule has 0 unspecified atom stereocenters. The van der Waals surface area contributed by atoms with Gasteiger partial charge in [0.05, 0.1) is 5.60 Å². The molecular weight excluding hydrogens is 125 g/mol. The van der Waals surface area contributed by atoms with Gasteiger partial charge in [0, 0.05) is 12.0 Å². The molecule has 0 aromatic carbocycles. The maximum atomic E-state index is 5.87. The van der Waals surface area contributed by atoms with E-state index < -0.39 is 0 Å². The second-order valence-corrected chi connectivity index (χ2v) is 3.67. The highest BCUT2D eigenvalue weighted by Crippen LogP contribution is 2.21. The summed E-state index contributed by atoms with van der Waals surface area (Å²) in [6.45, 7) is 8.69. The van der Waals surface area contributed by atoms with Crippen molar-refractivity contribution in [1.82, 2.24) is 0 Å². The molecule has 2 N–H and O–H groups in total. The lowest BCUT2D eigenvalue weighted by molar-refractivity contribution is -0.0404. The van der Waals surface area contributed by atoms with Crippen molar-refractivity contribution >= 4 is 7.85 Å². The van der Waals surface area contributed by atoms with E-state index in [2.05, 4.69) is 0 Å². The van der Waals surface area contributed by atoms with E-state index in [1.54, 1.807) is 0 Å². The second kappa shape index (κ2) is 2.93. The van der Waals surface area contributed by atoms with Gasteiger partial charge in [0.25, 0.3) is 0 Å². The predicted octanol–water partition coefficient (Wildman–Crippen LogP) is 0.109. The van der Waals surface area contributed by atoms with E-state index in [4.69, 9.17) is 10.5 Å². The highest BCUT2D eigenvalue weighted by atomic mass is 16.5. The Hall–Kier alpha value is -0.0151. The van der Waals surface area contributed by atoms with Gasteiger partial charge in [0.1, 0.15) is 7.85 Å². The van der Waals surface area contributed by atoms with E-state index in [9.17, 15) is 0 Å². The van der Waals surface area contributed by atoms with Gasteiger partial charge in [-0.1, -0.05) is 0 Å². The molecule has 0 bridgehead atoms. The zero-order chi connectivity index (χ0) is 8.41. The summed E-state index contributed by atoms with van der Waals surface area (Å²) in [6.07, 6.45) is 0. The Morgan fingerprint density at radius 1 is 1.30 bits per heavy atom. The molecule has 0 spiro atoms. The Morgan fingerprint density at radius 3 is 1.80 bits per heavy atom. The van der Waals surface area contributed by atoms with Gasteiger partial charge < -0.3 is 10.5 Å². The van der Waals surface area contributed by atoms with Gasteiger partial charge in [0.15, 0.2) is 0 Å². The van der Waals surface area contributed by atoms with E-state index >= 15 is 0 Å². The van der Waals surface area contributed by atoms with Crippen LogP contribution in [0.25, 0.3) is 0 Å². The molecule has 0 amide bonds. The summed E-state index contributed by atoms with van der Waals surface area (Å²) < 4.78 is 5.47. The minimum absolute atomic E-state index is 0.234. The summed E-state index contributed by atoms with van der Waals surface area (Å²) in [4.78, 5) is 0. The van der Waals surface area contributed by atoms with Crippen molar-refractivity contribution in [3.8, 4) is 0 Å². The third-order valence-corrected chi connectivity index (χ3v) is 2.06. The molecule has 0 saturated carbocycles. The highest BCUT2D eigenvalue weighted by molar-refractivity contribution is 6.08. The molecule has 60 valence electrons. The number of nitrogens with two attached hydrogens (primary N) is 1. The third kappa shape index (κ3) is 2.31. The average molecular weight is 143 g/mol. The molecule has 0 aliphatic rings. The lowest BCUT2D eigenvalue weighted by Gasteiger charge is -2.38. The van der Waals surface area contributed by atoms with E-state index in [0.29, 0.717) is 6.51 Å². The number of hydrogen-bond acceptors (Lipinski definition) is 2. The Labute approximate surface area is 64.5 Å². The third-order valence-electron chi connectivity index (χ3n) is 2.06. The Morgan fingerprint density at radius 2 is 1.70 bits per heavy atom. The fourth-order valence-electron chi connectivity index (χ4n) is 0.547. The van der Waals surface area contributed by atoms with Crippen molar-refractivity contribution in [2.45, 2.75) is 38.8 Å². The SMILES string of the molecule is BCOC(C)(C)C(C)(C)N. The maximum Gasteiger partial charge on any atom is 0.135 e. The van der Waals surface area contributed by atoms with Crippen LogP contribution in [0.5, 0.6) is 0 Å². The summed E-state index contributed by atoms with van der Waals surface area (Å²) in [5.41, 5.74) is 5.37. The van der Waals surface area contributed by atoms with E-state index in [1.165, 1.54) is 0 Å². The van der Waals surface area contributed by atoms with Crippen LogP contribution in [0.4, 0.5) is 0 Å². The van der Waals surface area contributed by atoms with Crippen molar-refractivity contribution in [1.29, 1.82) is 0 Å². The molecule has 0 saturated heterocycles. The topological polar surface area (TPSA) is 35.2 Å². The molecular formula is C7H18BNO. The minimum Gasteiger partial charge on any atom is -0.383 e. The Bertz CT molecular complexity index is 107. The fraction of sp³-hybridized carbons (Fsp3) is 1.00. The molecule has 0 aliphatic heterocycles. The van der Waals surface area contributed by atoms with Crippen LogP contribution in [0, 0.1) is 0 Å². The summed E-state index contributed by atoms with van der Waals surface area (Å²) in [6, 6.07) is 0. The summed E-state index contributed by atoms with van der Waals surface area (Å²) in [5.74, 6) is 0. The van der Waals surface area contributed by atoms with Crippen LogP contribution in [-0.2, 0) is 4.74 Å². The van der Waals surface area contributed by atoms with Crippen molar-refractivity contribution in [2.24, 2.45) is 5.73 Å². The average Bonchev–Trinajstić information content (AvgIpc) is 1.61. The normalized spacial score (nSPS) is 13.7. The molecule has 2 nitrogen and oxygen atoms in total. The van der Waals surface area contributed by atoms with Crippen molar-refractivity contribution in [2.75, 3.05) is 6.51 Å². The molecule has 10 heavy (non-hydrogen) atoms. The van der Waals surface area contributed by atoms with E-state index in [1.807, 2.05) is 35.5 Å². The highest BCUT2D eigenvalue weighted by Gasteiger charge is 2.33. The van der Waals surface area contributed by atoms with Crippen LogP contribution < -0.4 is 5.73 Å². The van der Waals surface area contributed by atoms with E-state index in [-0.39, 0.29) is 11.1 Å². The van der Waals surface area contributed by atoms with Crippen LogP contribution >= 0.6 is 0 Å². The van der Waals surface area contributed by atoms with Gasteiger partial charge in [-0.2, -0.15) is 0 Å². The van der Waals surface area contributed by atoms with Gasteiger partial charge in [-0.05, 0) is 27.7 Å². The largest absolute Gasteiger partial charge is 0.383 e. The lowest BCUT2D eigenvalue weighted by Crippen LogP contribution is -2.54. The van der Waals surface area contributed by atoms with Crippen molar-refractivity contribution in [3.05, 3.63) is 0 Å². The molecule has 0 aromatic rings.